The molecule has 0 amide bonds. The van der Waals surface area contributed by atoms with Crippen molar-refractivity contribution in [3.8, 4) is 11.4 Å². The average Bonchev–Trinajstić information content (AvgIpc) is 2.79. The summed E-state index contributed by atoms with van der Waals surface area (Å²) in [6.45, 7) is 0. The fourth-order valence-electron chi connectivity index (χ4n) is 1.49. The number of nitrogens with two attached hydrogens (primary N) is 2. The predicted octanol–water partition coefficient (Wildman–Crippen LogP) is -0.995. The molecular formula is C7H10Cl2N6O4S2. The quantitative estimate of drug-likeness (QED) is 0.615. The molecule has 1 aromatic heterocycles. The molecule has 10 nitrogen and oxygen atoms in total. The lowest BCUT2D eigenvalue weighted by molar-refractivity contribution is 0.584. The number of sulfonamides is 2. The second-order valence-electron chi connectivity index (χ2n) is 3.46. The Kier molecular flexibility index (Phi) is 6.22. The SMILES string of the molecule is Cl.Cl.NS(=O)(=O)c1cccc(-c2nn[nH]n2)c1S(N)(=O)=O. The van der Waals surface area contributed by atoms with Gasteiger partial charge in [0.1, 0.15) is 9.79 Å². The molecule has 0 radical (unpaired) electrons. The van der Waals surface area contributed by atoms with Crippen LogP contribution in [0.25, 0.3) is 11.4 Å². The number of primary sulfonamides is 2. The van der Waals surface area contributed by atoms with Crippen LogP contribution in [0.1, 0.15) is 0 Å². The number of rotatable bonds is 3. The predicted molar refractivity (Wildman–Crippen MR) is 76.9 cm³/mol. The number of hydrogen-bond acceptors (Lipinski definition) is 7. The van der Waals surface area contributed by atoms with Crippen molar-refractivity contribution in [2.45, 2.75) is 9.79 Å². The highest BCUT2D eigenvalue weighted by atomic mass is 35.5. The maximum Gasteiger partial charge on any atom is 0.240 e. The smallest absolute Gasteiger partial charge is 0.225 e. The van der Waals surface area contributed by atoms with Crippen LogP contribution in [0.3, 0.4) is 0 Å². The van der Waals surface area contributed by atoms with E-state index < -0.39 is 29.8 Å². The van der Waals surface area contributed by atoms with Gasteiger partial charge in [-0.3, -0.25) is 0 Å². The van der Waals surface area contributed by atoms with Gasteiger partial charge in [-0.15, -0.1) is 35.0 Å². The molecule has 14 heteroatoms. The third kappa shape index (κ3) is 4.09. The van der Waals surface area contributed by atoms with Crippen LogP contribution in [0.4, 0.5) is 0 Å². The van der Waals surface area contributed by atoms with Crippen molar-refractivity contribution in [3.05, 3.63) is 18.2 Å². The fourth-order valence-corrected chi connectivity index (χ4v) is 3.63. The van der Waals surface area contributed by atoms with Crippen molar-refractivity contribution >= 4 is 44.9 Å². The Bertz CT molecular complexity index is 821. The van der Waals surface area contributed by atoms with Crippen LogP contribution in [0.2, 0.25) is 0 Å². The van der Waals surface area contributed by atoms with Crippen LogP contribution < -0.4 is 10.3 Å². The summed E-state index contributed by atoms with van der Waals surface area (Å²) in [5, 5.41) is 22.5. The van der Waals surface area contributed by atoms with Gasteiger partial charge in [0.25, 0.3) is 0 Å². The molecule has 0 atom stereocenters. The van der Waals surface area contributed by atoms with Crippen molar-refractivity contribution in [2.24, 2.45) is 10.3 Å². The summed E-state index contributed by atoms with van der Waals surface area (Å²) < 4.78 is 46.0. The number of H-pyrrole nitrogens is 1. The molecule has 0 aliphatic rings. The van der Waals surface area contributed by atoms with Crippen LogP contribution in [0, 0.1) is 0 Å². The minimum absolute atomic E-state index is 0. The van der Waals surface area contributed by atoms with Crippen molar-refractivity contribution < 1.29 is 16.8 Å². The van der Waals surface area contributed by atoms with Gasteiger partial charge < -0.3 is 0 Å². The normalized spacial score (nSPS) is 11.3. The Hall–Kier alpha value is -1.31. The number of nitrogens with zero attached hydrogens (tertiary/aromatic N) is 3. The second kappa shape index (κ2) is 6.64. The summed E-state index contributed by atoms with van der Waals surface area (Å²) >= 11 is 0. The first-order valence-corrected chi connectivity index (χ1v) is 7.73. The van der Waals surface area contributed by atoms with Gasteiger partial charge in [0, 0.05) is 5.56 Å². The van der Waals surface area contributed by atoms with E-state index in [4.69, 9.17) is 10.3 Å². The minimum atomic E-state index is -4.35. The summed E-state index contributed by atoms with van der Waals surface area (Å²) in [6, 6.07) is 3.61. The number of halogens is 2. The first kappa shape index (κ1) is 19.7. The molecule has 2 aromatic rings. The van der Waals surface area contributed by atoms with E-state index in [0.29, 0.717) is 0 Å². The van der Waals surface area contributed by atoms with Gasteiger partial charge in [-0.25, -0.2) is 27.1 Å². The number of benzene rings is 1. The molecule has 1 heterocycles. The zero-order chi connectivity index (χ0) is 14.3. The molecule has 5 N–H and O–H groups in total. The number of aromatic nitrogens is 4. The maximum atomic E-state index is 11.6. The molecule has 1 aromatic carbocycles. The lowest BCUT2D eigenvalue weighted by atomic mass is 10.2. The van der Waals surface area contributed by atoms with Crippen LogP contribution >= 0.6 is 24.8 Å². The molecule has 0 aliphatic heterocycles. The first-order chi connectivity index (χ1) is 8.71. The Labute approximate surface area is 132 Å². The Balaban J connectivity index is 0.00000200. The molecule has 0 unspecified atom stereocenters. The highest BCUT2D eigenvalue weighted by molar-refractivity contribution is 7.92. The van der Waals surface area contributed by atoms with Crippen molar-refractivity contribution in [1.82, 2.24) is 20.6 Å². The molecule has 0 spiro atoms. The molecule has 0 fully saturated rings. The molecule has 0 aliphatic carbocycles. The zero-order valence-electron chi connectivity index (χ0n) is 9.99. The molecule has 0 bridgehead atoms. The maximum absolute atomic E-state index is 11.6. The van der Waals surface area contributed by atoms with Crippen LogP contribution in [-0.2, 0) is 20.0 Å². The molecule has 118 valence electrons. The standard InChI is InChI=1S/C7H8N6O4S2.2ClH/c8-18(14,15)5-3-1-2-4(6(5)19(9,16)17)7-10-12-13-11-7;;/h1-3H,(H2,8,14,15)(H2,9,16,17)(H,10,11,12,13);2*1H. The monoisotopic (exact) mass is 376 g/mol. The summed E-state index contributed by atoms with van der Waals surface area (Å²) in [7, 11) is -8.63. The summed E-state index contributed by atoms with van der Waals surface area (Å²) in [6.07, 6.45) is 0. The van der Waals surface area contributed by atoms with E-state index >= 15 is 0 Å². The molecule has 0 saturated carbocycles. The van der Waals surface area contributed by atoms with Gasteiger partial charge in [-0.05, 0) is 17.3 Å². The van der Waals surface area contributed by atoms with E-state index in [1.54, 1.807) is 0 Å². The third-order valence-electron chi connectivity index (χ3n) is 2.16. The van der Waals surface area contributed by atoms with E-state index in [-0.39, 0.29) is 36.2 Å². The Morgan fingerprint density at radius 2 is 1.62 bits per heavy atom. The summed E-state index contributed by atoms with van der Waals surface area (Å²) in [5.41, 5.74) is -0.109. The fraction of sp³-hybridized carbons (Fsp3) is 0. The van der Waals surface area contributed by atoms with Gasteiger partial charge >= 0.3 is 0 Å². The highest BCUT2D eigenvalue weighted by Gasteiger charge is 2.27. The summed E-state index contributed by atoms with van der Waals surface area (Å²) in [5.74, 6) is -0.116. The van der Waals surface area contributed by atoms with Crippen molar-refractivity contribution in [2.75, 3.05) is 0 Å². The second-order valence-corrected chi connectivity index (χ2v) is 6.49. The van der Waals surface area contributed by atoms with Crippen LogP contribution in [0.15, 0.2) is 28.0 Å². The van der Waals surface area contributed by atoms with E-state index in [1.165, 1.54) is 12.1 Å². The molecule has 2 rings (SSSR count). The van der Waals surface area contributed by atoms with Crippen LogP contribution in [0.5, 0.6) is 0 Å². The topological polar surface area (TPSA) is 175 Å². The van der Waals surface area contributed by atoms with Gasteiger partial charge in [-0.2, -0.15) is 5.21 Å². The Morgan fingerprint density at radius 1 is 1.00 bits per heavy atom. The van der Waals surface area contributed by atoms with Crippen molar-refractivity contribution in [1.29, 1.82) is 0 Å². The molecule has 0 saturated heterocycles. The Morgan fingerprint density at radius 3 is 2.05 bits per heavy atom. The molecular weight excluding hydrogens is 367 g/mol. The van der Waals surface area contributed by atoms with Crippen LogP contribution in [-0.4, -0.2) is 37.5 Å². The van der Waals surface area contributed by atoms with Gasteiger partial charge in [0.2, 0.25) is 25.9 Å². The molecule has 21 heavy (non-hydrogen) atoms. The number of tetrazole rings is 1. The lowest BCUT2D eigenvalue weighted by Crippen LogP contribution is -2.21. The van der Waals surface area contributed by atoms with E-state index in [1.807, 2.05) is 0 Å². The largest absolute Gasteiger partial charge is 0.240 e. The van der Waals surface area contributed by atoms with Gasteiger partial charge in [0.15, 0.2) is 0 Å². The van der Waals surface area contributed by atoms with Gasteiger partial charge in [0.05, 0.1) is 0 Å². The first-order valence-electron chi connectivity index (χ1n) is 4.63. The zero-order valence-corrected chi connectivity index (χ0v) is 13.3. The summed E-state index contributed by atoms with van der Waals surface area (Å²) in [4.78, 5) is -1.30. The number of aromatic amines is 1. The lowest BCUT2D eigenvalue weighted by Gasteiger charge is -2.09. The third-order valence-corrected chi connectivity index (χ3v) is 4.25. The number of nitrogens with one attached hydrogen (secondary N) is 1. The van der Waals surface area contributed by atoms with Crippen molar-refractivity contribution in [3.63, 3.8) is 0 Å². The van der Waals surface area contributed by atoms with E-state index in [2.05, 4.69) is 20.6 Å². The van der Waals surface area contributed by atoms with E-state index in [0.717, 1.165) is 6.07 Å². The minimum Gasteiger partial charge on any atom is -0.225 e. The number of hydrogen-bond donors (Lipinski definition) is 3. The average molecular weight is 377 g/mol. The van der Waals surface area contributed by atoms with E-state index in [9.17, 15) is 16.8 Å². The van der Waals surface area contributed by atoms with Gasteiger partial charge in [-0.1, -0.05) is 6.07 Å². The highest BCUT2D eigenvalue weighted by Crippen LogP contribution is 2.28.